The number of carbonyl (C=O) groups is 1. The van der Waals surface area contributed by atoms with Crippen LogP contribution < -0.4 is 10.1 Å². The number of nitrogens with one attached hydrogen (secondary N) is 1. The maximum absolute atomic E-state index is 12.1. The molecule has 2 rings (SSSR count). The van der Waals surface area contributed by atoms with E-state index in [2.05, 4.69) is 20.1 Å². The van der Waals surface area contributed by atoms with E-state index in [1.165, 1.54) is 18.5 Å². The van der Waals surface area contributed by atoms with E-state index < -0.39 is 12.5 Å². The minimum Gasteiger partial charge on any atom is -0.417 e. The Bertz CT molecular complexity index is 665. The van der Waals surface area contributed by atoms with Gasteiger partial charge in [-0.15, -0.1) is 0 Å². The van der Waals surface area contributed by atoms with Crippen LogP contribution in [0.2, 0.25) is 0 Å². The lowest BCUT2D eigenvalue weighted by atomic mass is 10.1. The molecule has 0 aliphatic heterocycles. The van der Waals surface area contributed by atoms with Gasteiger partial charge in [-0.25, -0.2) is 4.98 Å². The van der Waals surface area contributed by atoms with Crippen LogP contribution in [0.4, 0.5) is 14.5 Å². The average molecular weight is 310 g/mol. The number of hydrogen-bond acceptors (Lipinski definition) is 4. The standard InChI is InChI=1S/C14H16F2N4O2/c1-14(2,3)20-8-10(7-18-20)19-12(21)9-4-5-17-11(6-9)22-13(15)16/h4-8,13H,1-3H3,(H,19,21). The fourth-order valence-electron chi connectivity index (χ4n) is 1.66. The highest BCUT2D eigenvalue weighted by molar-refractivity contribution is 6.04. The fraction of sp³-hybridized carbons (Fsp3) is 0.357. The summed E-state index contributed by atoms with van der Waals surface area (Å²) < 4.78 is 30.2. The smallest absolute Gasteiger partial charge is 0.388 e. The van der Waals surface area contributed by atoms with Gasteiger partial charge in [-0.1, -0.05) is 0 Å². The van der Waals surface area contributed by atoms with E-state index in [-0.39, 0.29) is 17.0 Å². The van der Waals surface area contributed by atoms with Gasteiger partial charge in [0.05, 0.1) is 17.4 Å². The van der Waals surface area contributed by atoms with Gasteiger partial charge < -0.3 is 10.1 Å². The Morgan fingerprint density at radius 1 is 1.41 bits per heavy atom. The third-order valence-corrected chi connectivity index (χ3v) is 2.73. The first-order valence-electron chi connectivity index (χ1n) is 6.53. The zero-order valence-corrected chi connectivity index (χ0v) is 12.4. The van der Waals surface area contributed by atoms with Crippen LogP contribution in [-0.4, -0.2) is 27.3 Å². The van der Waals surface area contributed by atoms with Crippen LogP contribution >= 0.6 is 0 Å². The molecule has 0 atom stereocenters. The van der Waals surface area contributed by atoms with Gasteiger partial charge in [-0.3, -0.25) is 9.48 Å². The molecule has 2 heterocycles. The summed E-state index contributed by atoms with van der Waals surface area (Å²) in [6.45, 7) is 2.93. The highest BCUT2D eigenvalue weighted by Gasteiger charge is 2.16. The van der Waals surface area contributed by atoms with Crippen molar-refractivity contribution in [2.45, 2.75) is 32.9 Å². The minimum atomic E-state index is -2.99. The van der Waals surface area contributed by atoms with Gasteiger partial charge in [-0.2, -0.15) is 13.9 Å². The number of alkyl halides is 2. The number of rotatable bonds is 4. The number of ether oxygens (including phenoxy) is 1. The van der Waals surface area contributed by atoms with Gasteiger partial charge in [0.2, 0.25) is 5.88 Å². The fourth-order valence-corrected chi connectivity index (χ4v) is 1.66. The summed E-state index contributed by atoms with van der Waals surface area (Å²) in [7, 11) is 0. The largest absolute Gasteiger partial charge is 0.417 e. The number of hydrogen-bond donors (Lipinski definition) is 1. The Balaban J connectivity index is 2.10. The number of aromatic nitrogens is 3. The Kier molecular flexibility index (Phi) is 4.39. The molecule has 0 bridgehead atoms. The number of carbonyl (C=O) groups excluding carboxylic acids is 1. The van der Waals surface area contributed by atoms with Gasteiger partial charge >= 0.3 is 6.61 Å². The molecular formula is C14H16F2N4O2. The van der Waals surface area contributed by atoms with Crippen molar-refractivity contribution in [3.05, 3.63) is 36.3 Å². The molecule has 0 spiro atoms. The Labute approximate surface area is 126 Å². The van der Waals surface area contributed by atoms with Crippen molar-refractivity contribution in [1.29, 1.82) is 0 Å². The van der Waals surface area contributed by atoms with Gasteiger partial charge in [0.1, 0.15) is 0 Å². The summed E-state index contributed by atoms with van der Waals surface area (Å²) in [5.74, 6) is -0.775. The molecule has 1 N–H and O–H groups in total. The summed E-state index contributed by atoms with van der Waals surface area (Å²) in [4.78, 5) is 15.7. The molecular weight excluding hydrogens is 294 g/mol. The monoisotopic (exact) mass is 310 g/mol. The van der Waals surface area contributed by atoms with Crippen LogP contribution in [0.5, 0.6) is 5.88 Å². The second-order valence-corrected chi connectivity index (χ2v) is 5.56. The van der Waals surface area contributed by atoms with Crippen molar-refractivity contribution in [2.75, 3.05) is 5.32 Å². The second kappa shape index (κ2) is 6.08. The number of nitrogens with zero attached hydrogens (tertiary/aromatic N) is 3. The van der Waals surface area contributed by atoms with Crippen molar-refractivity contribution in [3.8, 4) is 5.88 Å². The predicted molar refractivity (Wildman–Crippen MR) is 76.0 cm³/mol. The molecule has 1 amide bonds. The lowest BCUT2D eigenvalue weighted by Gasteiger charge is -2.18. The third-order valence-electron chi connectivity index (χ3n) is 2.73. The maximum atomic E-state index is 12.1. The predicted octanol–water partition coefficient (Wildman–Crippen LogP) is 2.89. The third kappa shape index (κ3) is 4.00. The second-order valence-electron chi connectivity index (χ2n) is 5.56. The molecule has 0 saturated carbocycles. The Morgan fingerprint density at radius 2 is 2.14 bits per heavy atom. The van der Waals surface area contributed by atoms with Crippen LogP contribution in [0.15, 0.2) is 30.7 Å². The molecule has 2 aromatic rings. The molecule has 0 saturated heterocycles. The van der Waals surface area contributed by atoms with Crippen LogP contribution in [0.1, 0.15) is 31.1 Å². The normalized spacial score (nSPS) is 11.5. The number of pyridine rings is 1. The minimum absolute atomic E-state index is 0.161. The zero-order valence-electron chi connectivity index (χ0n) is 12.4. The summed E-state index contributed by atoms with van der Waals surface area (Å²) in [5, 5.41) is 6.79. The topological polar surface area (TPSA) is 69.0 Å². The SMILES string of the molecule is CC(C)(C)n1cc(NC(=O)c2ccnc(OC(F)F)c2)cn1. The highest BCUT2D eigenvalue weighted by atomic mass is 19.3. The summed E-state index contributed by atoms with van der Waals surface area (Å²) >= 11 is 0. The molecule has 0 radical (unpaired) electrons. The van der Waals surface area contributed by atoms with Crippen LogP contribution in [0, 0.1) is 0 Å². The van der Waals surface area contributed by atoms with E-state index >= 15 is 0 Å². The van der Waals surface area contributed by atoms with Gasteiger partial charge in [0, 0.05) is 24.0 Å². The average Bonchev–Trinajstić information content (AvgIpc) is 2.86. The van der Waals surface area contributed by atoms with Crippen molar-refractivity contribution in [3.63, 3.8) is 0 Å². The lowest BCUT2D eigenvalue weighted by molar-refractivity contribution is -0.0528. The molecule has 0 fully saturated rings. The molecule has 0 unspecified atom stereocenters. The summed E-state index contributed by atoms with van der Waals surface area (Å²) in [5.41, 5.74) is 0.458. The first-order valence-corrected chi connectivity index (χ1v) is 6.53. The van der Waals surface area contributed by atoms with E-state index in [9.17, 15) is 13.6 Å². The first kappa shape index (κ1) is 15.9. The van der Waals surface area contributed by atoms with Crippen molar-refractivity contribution < 1.29 is 18.3 Å². The maximum Gasteiger partial charge on any atom is 0.388 e. The van der Waals surface area contributed by atoms with Gasteiger partial charge in [0.25, 0.3) is 5.91 Å². The molecule has 0 aliphatic rings. The summed E-state index contributed by atoms with van der Waals surface area (Å²) in [6.07, 6.45) is 4.43. The Hall–Kier alpha value is -2.51. The molecule has 0 aromatic carbocycles. The first-order chi connectivity index (χ1) is 10.3. The van der Waals surface area contributed by atoms with E-state index in [0.29, 0.717) is 5.69 Å². The molecule has 6 nitrogen and oxygen atoms in total. The number of anilines is 1. The Morgan fingerprint density at radius 3 is 2.73 bits per heavy atom. The van der Waals surface area contributed by atoms with Gasteiger partial charge in [-0.05, 0) is 26.8 Å². The quantitative estimate of drug-likeness (QED) is 0.942. The van der Waals surface area contributed by atoms with Gasteiger partial charge in [0.15, 0.2) is 0 Å². The zero-order chi connectivity index (χ0) is 16.3. The van der Waals surface area contributed by atoms with E-state index in [1.807, 2.05) is 20.8 Å². The van der Waals surface area contributed by atoms with Crippen LogP contribution in [-0.2, 0) is 5.54 Å². The molecule has 118 valence electrons. The van der Waals surface area contributed by atoms with E-state index in [4.69, 9.17) is 0 Å². The molecule has 8 heteroatoms. The van der Waals surface area contributed by atoms with Crippen LogP contribution in [0.3, 0.4) is 0 Å². The van der Waals surface area contributed by atoms with Crippen molar-refractivity contribution in [1.82, 2.24) is 14.8 Å². The molecule has 22 heavy (non-hydrogen) atoms. The molecule has 0 aliphatic carbocycles. The number of halogens is 2. The molecule has 2 aromatic heterocycles. The van der Waals surface area contributed by atoms with E-state index in [0.717, 1.165) is 6.07 Å². The van der Waals surface area contributed by atoms with Crippen LogP contribution in [0.25, 0.3) is 0 Å². The van der Waals surface area contributed by atoms with Crippen molar-refractivity contribution in [2.24, 2.45) is 0 Å². The van der Waals surface area contributed by atoms with E-state index in [1.54, 1.807) is 10.9 Å². The lowest BCUT2D eigenvalue weighted by Crippen LogP contribution is -2.22. The highest BCUT2D eigenvalue weighted by Crippen LogP contribution is 2.17. The van der Waals surface area contributed by atoms with Crippen molar-refractivity contribution >= 4 is 11.6 Å². The number of amides is 1. The summed E-state index contributed by atoms with van der Waals surface area (Å²) in [6, 6.07) is 2.55.